The number of hydrogen-bond donors (Lipinski definition) is 2. The second kappa shape index (κ2) is 7.32. The molecule has 1 fully saturated rings. The molecule has 0 aromatic carbocycles. The van der Waals surface area contributed by atoms with E-state index in [1.165, 1.54) is 32.1 Å². The van der Waals surface area contributed by atoms with Crippen molar-refractivity contribution in [1.82, 2.24) is 5.32 Å². The van der Waals surface area contributed by atoms with Gasteiger partial charge in [0.15, 0.2) is 0 Å². The van der Waals surface area contributed by atoms with Crippen molar-refractivity contribution >= 4 is 13.8 Å². The lowest BCUT2D eigenvalue weighted by atomic mass is 9.63. The van der Waals surface area contributed by atoms with E-state index < -0.39 is 11.3 Å². The van der Waals surface area contributed by atoms with Crippen LogP contribution in [0.25, 0.3) is 0 Å². The highest BCUT2D eigenvalue weighted by atomic mass is 16.4. The molecule has 0 amide bonds. The van der Waals surface area contributed by atoms with E-state index in [9.17, 15) is 9.90 Å². The second-order valence-electron chi connectivity index (χ2n) is 6.13. The van der Waals surface area contributed by atoms with Gasteiger partial charge in [-0.25, -0.2) is 0 Å². The van der Waals surface area contributed by atoms with Crippen molar-refractivity contribution in [2.24, 2.45) is 0 Å². The number of unbranched alkanes of at least 4 members (excludes halogenated alkanes) is 2. The first kappa shape index (κ1) is 16.5. The van der Waals surface area contributed by atoms with Crippen molar-refractivity contribution < 1.29 is 9.90 Å². The maximum absolute atomic E-state index is 11.3. The molecule has 2 N–H and O–H groups in total. The van der Waals surface area contributed by atoms with Gasteiger partial charge in [-0.05, 0) is 38.6 Å². The Bertz CT molecular complexity index is 292. The summed E-state index contributed by atoms with van der Waals surface area (Å²) in [5, 5.41) is 11.8. The quantitative estimate of drug-likeness (QED) is 0.563. The maximum Gasteiger partial charge on any atom is 0.300 e. The summed E-state index contributed by atoms with van der Waals surface area (Å²) in [5.74, 6) is -0.860. The Morgan fingerprint density at radius 3 is 2.37 bits per heavy atom. The van der Waals surface area contributed by atoms with Gasteiger partial charge in [-0.15, -0.1) is 0 Å². The fourth-order valence-electron chi connectivity index (χ4n) is 2.56. The molecule has 1 rings (SSSR count). The summed E-state index contributed by atoms with van der Waals surface area (Å²) >= 11 is 0. The third kappa shape index (κ3) is 5.17. The lowest BCUT2D eigenvalue weighted by Gasteiger charge is -2.27. The van der Waals surface area contributed by atoms with Crippen LogP contribution in [0.1, 0.15) is 71.6 Å². The van der Waals surface area contributed by atoms with Crippen molar-refractivity contribution in [3.8, 4) is 0 Å². The summed E-state index contributed by atoms with van der Waals surface area (Å²) in [7, 11) is 6.04. The molecule has 0 saturated heterocycles. The zero-order valence-corrected chi connectivity index (χ0v) is 12.5. The summed E-state index contributed by atoms with van der Waals surface area (Å²) in [4.78, 5) is 11.3. The molecule has 1 aliphatic rings. The molecule has 4 heteroatoms. The van der Waals surface area contributed by atoms with Crippen molar-refractivity contribution in [1.29, 1.82) is 0 Å². The normalized spacial score (nSPS) is 19.9. The molecule has 0 aliphatic heterocycles. The minimum Gasteiger partial charge on any atom is -0.481 e. The molecule has 19 heavy (non-hydrogen) atoms. The maximum atomic E-state index is 11.3. The molecular weight excluding hydrogens is 237 g/mol. The van der Waals surface area contributed by atoms with Gasteiger partial charge in [0.05, 0.1) is 7.85 Å². The van der Waals surface area contributed by atoms with E-state index >= 15 is 0 Å². The van der Waals surface area contributed by atoms with Crippen LogP contribution in [0, 0.1) is 0 Å². The molecule has 0 spiro atoms. The molecular formula is C15H28BNO2. The zero-order chi connectivity index (χ0) is 14.4. The highest BCUT2D eigenvalue weighted by Crippen LogP contribution is 2.41. The number of carboxylic acids is 1. The van der Waals surface area contributed by atoms with Crippen LogP contribution in [0.2, 0.25) is 5.31 Å². The van der Waals surface area contributed by atoms with Crippen LogP contribution in [0.3, 0.4) is 0 Å². The van der Waals surface area contributed by atoms with Crippen LogP contribution in [0.15, 0.2) is 0 Å². The predicted octanol–water partition coefficient (Wildman–Crippen LogP) is 3.29. The van der Waals surface area contributed by atoms with Crippen molar-refractivity contribution in [2.45, 2.75) is 82.5 Å². The monoisotopic (exact) mass is 265 g/mol. The number of carbonyl (C=O) groups is 1. The molecule has 1 atom stereocenters. The lowest BCUT2D eigenvalue weighted by Crippen LogP contribution is -2.35. The van der Waals surface area contributed by atoms with Gasteiger partial charge in [-0.2, -0.15) is 0 Å². The fraction of sp³-hybridized carbons (Fsp3) is 0.933. The number of hydrogen-bond acceptors (Lipinski definition) is 2. The Kier molecular flexibility index (Phi) is 6.38. The topological polar surface area (TPSA) is 49.3 Å². The Morgan fingerprint density at radius 2 is 1.89 bits per heavy atom. The molecule has 1 aliphatic carbocycles. The zero-order valence-electron chi connectivity index (χ0n) is 12.5. The molecule has 0 heterocycles. The summed E-state index contributed by atoms with van der Waals surface area (Å²) < 4.78 is 0. The van der Waals surface area contributed by atoms with E-state index in [1.807, 2.05) is 0 Å². The SMILES string of the molecule is [B]C(CCCC)(CCNC1(CCCC)CC1)C(=O)O. The van der Waals surface area contributed by atoms with E-state index in [0.717, 1.165) is 19.4 Å². The van der Waals surface area contributed by atoms with Gasteiger partial charge < -0.3 is 10.4 Å². The Balaban J connectivity index is 2.34. The third-order valence-electron chi connectivity index (χ3n) is 4.34. The van der Waals surface area contributed by atoms with Crippen molar-refractivity contribution in [3.63, 3.8) is 0 Å². The van der Waals surface area contributed by atoms with Crippen LogP contribution >= 0.6 is 0 Å². The molecule has 0 bridgehead atoms. The van der Waals surface area contributed by atoms with E-state index in [2.05, 4.69) is 19.2 Å². The average molecular weight is 265 g/mol. The molecule has 3 nitrogen and oxygen atoms in total. The van der Waals surface area contributed by atoms with Gasteiger partial charge in [0.1, 0.15) is 0 Å². The van der Waals surface area contributed by atoms with Gasteiger partial charge in [0.25, 0.3) is 0 Å². The summed E-state index contributed by atoms with van der Waals surface area (Å²) in [6.07, 6.45) is 9.09. The molecule has 0 aromatic heterocycles. The van der Waals surface area contributed by atoms with Crippen molar-refractivity contribution in [2.75, 3.05) is 6.54 Å². The van der Waals surface area contributed by atoms with Crippen LogP contribution in [-0.4, -0.2) is 31.0 Å². The summed E-state index contributed by atoms with van der Waals surface area (Å²) in [5.41, 5.74) is 0.306. The minimum absolute atomic E-state index is 0.306. The lowest BCUT2D eigenvalue weighted by molar-refractivity contribution is -0.141. The third-order valence-corrected chi connectivity index (χ3v) is 4.34. The highest BCUT2D eigenvalue weighted by molar-refractivity contribution is 6.26. The number of nitrogens with one attached hydrogen (secondary N) is 1. The van der Waals surface area contributed by atoms with Gasteiger partial charge in [-0.3, -0.25) is 4.79 Å². The Morgan fingerprint density at radius 1 is 1.26 bits per heavy atom. The average Bonchev–Trinajstić information content (AvgIpc) is 3.14. The first-order valence-electron chi connectivity index (χ1n) is 7.75. The largest absolute Gasteiger partial charge is 0.481 e. The van der Waals surface area contributed by atoms with Gasteiger partial charge >= 0.3 is 5.97 Å². The smallest absolute Gasteiger partial charge is 0.300 e. The summed E-state index contributed by atoms with van der Waals surface area (Å²) in [6.45, 7) is 4.98. The summed E-state index contributed by atoms with van der Waals surface area (Å²) in [6, 6.07) is 0. The minimum atomic E-state index is -1.05. The van der Waals surface area contributed by atoms with Crippen LogP contribution in [-0.2, 0) is 4.79 Å². The second-order valence-corrected chi connectivity index (χ2v) is 6.13. The number of aliphatic carboxylic acids is 1. The first-order valence-corrected chi connectivity index (χ1v) is 7.75. The van der Waals surface area contributed by atoms with Crippen LogP contribution in [0.5, 0.6) is 0 Å². The number of carboxylic acid groups (broad SMARTS) is 1. The molecule has 1 unspecified atom stereocenters. The molecule has 0 aromatic rings. The van der Waals surface area contributed by atoms with Gasteiger partial charge in [0.2, 0.25) is 0 Å². The standard InChI is InChI=1S/C15H28BNO2/c1-3-5-7-14(9-10-14)17-12-11-15(16,13(18)19)8-6-4-2/h17H,3-12H2,1-2H3,(H,18,19). The fourth-order valence-corrected chi connectivity index (χ4v) is 2.56. The van der Waals surface area contributed by atoms with Crippen molar-refractivity contribution in [3.05, 3.63) is 0 Å². The van der Waals surface area contributed by atoms with Gasteiger partial charge in [0, 0.05) is 10.9 Å². The highest BCUT2D eigenvalue weighted by Gasteiger charge is 2.41. The van der Waals surface area contributed by atoms with E-state index in [1.54, 1.807) is 0 Å². The first-order chi connectivity index (χ1) is 8.98. The molecule has 108 valence electrons. The van der Waals surface area contributed by atoms with Gasteiger partial charge in [-0.1, -0.05) is 39.5 Å². The van der Waals surface area contributed by atoms with E-state index in [-0.39, 0.29) is 0 Å². The predicted molar refractivity (Wildman–Crippen MR) is 79.7 cm³/mol. The van der Waals surface area contributed by atoms with E-state index in [0.29, 0.717) is 18.4 Å². The van der Waals surface area contributed by atoms with Crippen LogP contribution < -0.4 is 5.32 Å². The molecule has 1 saturated carbocycles. The Labute approximate surface area is 119 Å². The Hall–Kier alpha value is -0.505. The van der Waals surface area contributed by atoms with E-state index in [4.69, 9.17) is 7.85 Å². The number of rotatable bonds is 11. The molecule has 2 radical (unpaired) electrons. The van der Waals surface area contributed by atoms with Crippen LogP contribution in [0.4, 0.5) is 0 Å².